The zero-order valence-corrected chi connectivity index (χ0v) is 9.81. The van der Waals surface area contributed by atoms with Gasteiger partial charge >= 0.3 is 0 Å². The van der Waals surface area contributed by atoms with Crippen LogP contribution in [0.15, 0.2) is 34.7 Å². The third kappa shape index (κ3) is 3.27. The number of benzene rings is 1. The summed E-state index contributed by atoms with van der Waals surface area (Å²) in [5, 5.41) is 15.3. The summed E-state index contributed by atoms with van der Waals surface area (Å²) < 4.78 is 0. The highest BCUT2D eigenvalue weighted by Crippen LogP contribution is 2.15. The molecule has 0 saturated heterocycles. The lowest BCUT2D eigenvalue weighted by Gasteiger charge is -1.96. The Morgan fingerprint density at radius 1 is 1.41 bits per heavy atom. The molecule has 0 bridgehead atoms. The first-order valence-corrected chi connectivity index (χ1v) is 5.86. The fourth-order valence-electron chi connectivity index (χ4n) is 1.21. The van der Waals surface area contributed by atoms with E-state index in [-0.39, 0.29) is 6.61 Å². The number of thiazole rings is 1. The molecule has 0 radical (unpaired) electrons. The van der Waals surface area contributed by atoms with Gasteiger partial charge in [0.25, 0.3) is 0 Å². The molecular weight excluding hydrogens is 236 g/mol. The van der Waals surface area contributed by atoms with Gasteiger partial charge in [-0.2, -0.15) is 5.10 Å². The number of nitrogens with two attached hydrogens (primary N) is 1. The van der Waals surface area contributed by atoms with Gasteiger partial charge in [0.1, 0.15) is 5.82 Å². The SMILES string of the molecule is Nc1csc(NN=Cc2ccc(CO)cc2)n1. The smallest absolute Gasteiger partial charge is 0.205 e. The Bertz CT molecular complexity index is 506. The Morgan fingerprint density at radius 2 is 2.18 bits per heavy atom. The summed E-state index contributed by atoms with van der Waals surface area (Å²) >= 11 is 1.40. The Labute approximate surface area is 103 Å². The highest BCUT2D eigenvalue weighted by molar-refractivity contribution is 7.14. The molecule has 0 aliphatic heterocycles. The Hall–Kier alpha value is -1.92. The third-order valence-electron chi connectivity index (χ3n) is 2.06. The van der Waals surface area contributed by atoms with E-state index in [9.17, 15) is 0 Å². The fraction of sp³-hybridized carbons (Fsp3) is 0.0909. The number of anilines is 2. The number of aliphatic hydroxyl groups is 1. The standard InChI is InChI=1S/C11H12N4OS/c12-10-7-17-11(14-10)15-13-5-8-1-3-9(6-16)4-2-8/h1-5,7,16H,6,12H2,(H,14,15). The maximum absolute atomic E-state index is 8.89. The number of nitrogens with zero attached hydrogens (tertiary/aromatic N) is 2. The number of hydrogen-bond donors (Lipinski definition) is 3. The largest absolute Gasteiger partial charge is 0.392 e. The second-order valence-corrected chi connectivity index (χ2v) is 4.21. The summed E-state index contributed by atoms with van der Waals surface area (Å²) in [5.41, 5.74) is 10.1. The molecule has 1 aromatic heterocycles. The van der Waals surface area contributed by atoms with Gasteiger partial charge in [-0.15, -0.1) is 11.3 Å². The number of nitrogen functional groups attached to an aromatic ring is 1. The number of aromatic nitrogens is 1. The van der Waals surface area contributed by atoms with E-state index in [0.29, 0.717) is 10.9 Å². The fourth-order valence-corrected chi connectivity index (χ4v) is 1.76. The van der Waals surface area contributed by atoms with E-state index in [1.807, 2.05) is 24.3 Å². The van der Waals surface area contributed by atoms with Crippen LogP contribution in [-0.2, 0) is 6.61 Å². The van der Waals surface area contributed by atoms with Crippen LogP contribution in [-0.4, -0.2) is 16.3 Å². The van der Waals surface area contributed by atoms with Crippen molar-refractivity contribution in [2.75, 3.05) is 11.2 Å². The first kappa shape index (κ1) is 11.6. The lowest BCUT2D eigenvalue weighted by Crippen LogP contribution is -1.91. The molecular formula is C11H12N4OS. The van der Waals surface area contributed by atoms with E-state index in [0.717, 1.165) is 11.1 Å². The molecule has 0 amide bonds. The summed E-state index contributed by atoms with van der Waals surface area (Å²) in [4.78, 5) is 4.01. The van der Waals surface area contributed by atoms with Gasteiger partial charge in [0.2, 0.25) is 5.13 Å². The molecule has 1 aromatic carbocycles. The van der Waals surface area contributed by atoms with E-state index < -0.39 is 0 Å². The number of rotatable bonds is 4. The van der Waals surface area contributed by atoms with Crippen molar-refractivity contribution in [2.45, 2.75) is 6.61 Å². The lowest BCUT2D eigenvalue weighted by atomic mass is 10.2. The van der Waals surface area contributed by atoms with Crippen molar-refractivity contribution in [3.8, 4) is 0 Å². The Morgan fingerprint density at radius 3 is 2.76 bits per heavy atom. The van der Waals surface area contributed by atoms with Crippen LogP contribution in [0.2, 0.25) is 0 Å². The lowest BCUT2D eigenvalue weighted by molar-refractivity contribution is 0.282. The molecule has 17 heavy (non-hydrogen) atoms. The van der Waals surface area contributed by atoms with E-state index >= 15 is 0 Å². The van der Waals surface area contributed by atoms with Gasteiger partial charge in [0.15, 0.2) is 0 Å². The number of aliphatic hydroxyl groups excluding tert-OH is 1. The molecule has 0 fully saturated rings. The van der Waals surface area contributed by atoms with Crippen molar-refractivity contribution in [2.24, 2.45) is 5.10 Å². The molecule has 88 valence electrons. The predicted molar refractivity (Wildman–Crippen MR) is 70.1 cm³/mol. The molecule has 4 N–H and O–H groups in total. The molecule has 0 spiro atoms. The van der Waals surface area contributed by atoms with Gasteiger partial charge in [0, 0.05) is 5.38 Å². The summed E-state index contributed by atoms with van der Waals surface area (Å²) in [5.74, 6) is 0.486. The van der Waals surface area contributed by atoms with E-state index in [2.05, 4.69) is 15.5 Å². The molecule has 1 heterocycles. The second-order valence-electron chi connectivity index (χ2n) is 3.35. The molecule has 0 saturated carbocycles. The van der Waals surface area contributed by atoms with Gasteiger partial charge in [-0.1, -0.05) is 24.3 Å². The van der Waals surface area contributed by atoms with Crippen LogP contribution in [0.5, 0.6) is 0 Å². The summed E-state index contributed by atoms with van der Waals surface area (Å²) in [7, 11) is 0. The normalized spacial score (nSPS) is 10.9. The topological polar surface area (TPSA) is 83.5 Å². The first-order valence-electron chi connectivity index (χ1n) is 4.98. The van der Waals surface area contributed by atoms with Crippen molar-refractivity contribution >= 4 is 28.5 Å². The maximum Gasteiger partial charge on any atom is 0.205 e. The highest BCUT2D eigenvalue weighted by atomic mass is 32.1. The summed E-state index contributed by atoms with van der Waals surface area (Å²) in [6.45, 7) is 0.0497. The van der Waals surface area contributed by atoms with Crippen LogP contribution in [0.1, 0.15) is 11.1 Å². The number of nitrogens with one attached hydrogen (secondary N) is 1. The van der Waals surface area contributed by atoms with Crippen molar-refractivity contribution in [1.29, 1.82) is 0 Å². The van der Waals surface area contributed by atoms with Crippen molar-refractivity contribution in [3.63, 3.8) is 0 Å². The number of hydrazone groups is 1. The molecule has 0 atom stereocenters. The van der Waals surface area contributed by atoms with Crippen molar-refractivity contribution < 1.29 is 5.11 Å². The summed E-state index contributed by atoms with van der Waals surface area (Å²) in [6.07, 6.45) is 1.68. The molecule has 6 heteroatoms. The zero-order chi connectivity index (χ0) is 12.1. The van der Waals surface area contributed by atoms with Gasteiger partial charge in [0.05, 0.1) is 12.8 Å². The van der Waals surface area contributed by atoms with Crippen LogP contribution in [0.3, 0.4) is 0 Å². The van der Waals surface area contributed by atoms with Crippen LogP contribution in [0.25, 0.3) is 0 Å². The quantitative estimate of drug-likeness (QED) is 0.567. The van der Waals surface area contributed by atoms with Crippen LogP contribution < -0.4 is 11.2 Å². The van der Waals surface area contributed by atoms with E-state index in [1.54, 1.807) is 11.6 Å². The molecule has 2 aromatic rings. The third-order valence-corrected chi connectivity index (χ3v) is 2.82. The predicted octanol–water partition coefficient (Wildman–Crippen LogP) is 1.66. The average Bonchev–Trinajstić information content (AvgIpc) is 2.76. The minimum Gasteiger partial charge on any atom is -0.392 e. The number of hydrogen-bond acceptors (Lipinski definition) is 6. The van der Waals surface area contributed by atoms with Crippen molar-refractivity contribution in [1.82, 2.24) is 4.98 Å². The average molecular weight is 248 g/mol. The molecule has 5 nitrogen and oxygen atoms in total. The van der Waals surface area contributed by atoms with Crippen LogP contribution in [0.4, 0.5) is 10.9 Å². The van der Waals surface area contributed by atoms with Gasteiger partial charge in [-0.3, -0.25) is 5.43 Å². The first-order chi connectivity index (χ1) is 8.28. The highest BCUT2D eigenvalue weighted by Gasteiger charge is 1.95. The molecule has 0 aliphatic rings. The van der Waals surface area contributed by atoms with E-state index in [4.69, 9.17) is 10.8 Å². The second kappa shape index (κ2) is 5.42. The maximum atomic E-state index is 8.89. The summed E-state index contributed by atoms with van der Waals surface area (Å²) in [6, 6.07) is 7.46. The van der Waals surface area contributed by atoms with Crippen LogP contribution in [0, 0.1) is 0 Å². The van der Waals surface area contributed by atoms with E-state index in [1.165, 1.54) is 11.3 Å². The van der Waals surface area contributed by atoms with Gasteiger partial charge in [-0.25, -0.2) is 4.98 Å². The minimum absolute atomic E-state index is 0.0497. The molecule has 2 rings (SSSR count). The zero-order valence-electron chi connectivity index (χ0n) is 9.00. The molecule has 0 aliphatic carbocycles. The molecule has 0 unspecified atom stereocenters. The monoisotopic (exact) mass is 248 g/mol. The Balaban J connectivity index is 1.95. The van der Waals surface area contributed by atoms with Gasteiger partial charge < -0.3 is 10.8 Å². The van der Waals surface area contributed by atoms with Crippen molar-refractivity contribution in [3.05, 3.63) is 40.8 Å². The van der Waals surface area contributed by atoms with Gasteiger partial charge in [-0.05, 0) is 11.1 Å². The minimum atomic E-state index is 0.0497. The Kier molecular flexibility index (Phi) is 3.69. The van der Waals surface area contributed by atoms with Crippen LogP contribution >= 0.6 is 11.3 Å².